The van der Waals surface area contributed by atoms with Crippen molar-refractivity contribution < 1.29 is 22.7 Å². The fourth-order valence-electron chi connectivity index (χ4n) is 2.50. The van der Waals surface area contributed by atoms with E-state index in [1.54, 1.807) is 0 Å². The van der Waals surface area contributed by atoms with Gasteiger partial charge in [0.2, 0.25) is 0 Å². The lowest BCUT2D eigenvalue weighted by atomic mass is 9.63. The van der Waals surface area contributed by atoms with Crippen LogP contribution in [0.3, 0.4) is 0 Å². The first-order valence-corrected chi connectivity index (χ1v) is 6.05. The molecule has 0 aliphatic heterocycles. The Labute approximate surface area is 108 Å². The predicted molar refractivity (Wildman–Crippen MR) is 61.7 cm³/mol. The largest absolute Gasteiger partial charge is 0.419 e. The summed E-state index contributed by atoms with van der Waals surface area (Å²) in [6.45, 7) is 0.201. The first-order chi connectivity index (χ1) is 8.80. The average molecular weight is 277 g/mol. The maximum Gasteiger partial charge on any atom is 0.419 e. The Morgan fingerprint density at radius 3 is 2.37 bits per heavy atom. The van der Waals surface area contributed by atoms with Crippen LogP contribution < -0.4 is 5.73 Å². The van der Waals surface area contributed by atoms with Crippen LogP contribution in [0.25, 0.3) is 0 Å². The molecular formula is C13H15F4NO. The molecule has 1 fully saturated rings. The number of alkyl halides is 3. The zero-order chi connectivity index (χ0) is 14.3. The Kier molecular flexibility index (Phi) is 3.57. The van der Waals surface area contributed by atoms with Gasteiger partial charge in [-0.25, -0.2) is 4.39 Å². The summed E-state index contributed by atoms with van der Waals surface area (Å²) in [4.78, 5) is 0. The highest BCUT2D eigenvalue weighted by atomic mass is 19.4. The first-order valence-electron chi connectivity index (χ1n) is 6.05. The van der Waals surface area contributed by atoms with E-state index in [1.165, 1.54) is 6.07 Å². The second-order valence-electron chi connectivity index (χ2n) is 5.06. The third-order valence-electron chi connectivity index (χ3n) is 3.95. The number of aliphatic hydroxyl groups excluding tert-OH is 1. The van der Waals surface area contributed by atoms with Crippen LogP contribution in [0.15, 0.2) is 18.2 Å². The monoisotopic (exact) mass is 277 g/mol. The van der Waals surface area contributed by atoms with Gasteiger partial charge in [-0.1, -0.05) is 12.5 Å². The van der Waals surface area contributed by atoms with Gasteiger partial charge in [-0.15, -0.1) is 0 Å². The highest BCUT2D eigenvalue weighted by Crippen LogP contribution is 2.49. The molecule has 2 rings (SSSR count). The van der Waals surface area contributed by atoms with E-state index in [1.807, 2.05) is 0 Å². The second kappa shape index (κ2) is 4.76. The molecule has 19 heavy (non-hydrogen) atoms. The van der Waals surface area contributed by atoms with Crippen LogP contribution in [-0.4, -0.2) is 11.7 Å². The summed E-state index contributed by atoms with van der Waals surface area (Å²) in [5, 5.41) is 10.2. The average Bonchev–Trinajstić information content (AvgIpc) is 2.27. The molecule has 1 aliphatic rings. The molecule has 0 amide bonds. The van der Waals surface area contributed by atoms with Crippen molar-refractivity contribution in [3.8, 4) is 0 Å². The van der Waals surface area contributed by atoms with E-state index in [0.717, 1.165) is 12.5 Å². The van der Waals surface area contributed by atoms with E-state index in [9.17, 15) is 22.7 Å². The van der Waals surface area contributed by atoms with Crippen LogP contribution in [-0.2, 0) is 6.18 Å². The summed E-state index contributed by atoms with van der Waals surface area (Å²) in [6.07, 6.45) is -3.63. The van der Waals surface area contributed by atoms with E-state index in [0.29, 0.717) is 18.9 Å². The second-order valence-corrected chi connectivity index (χ2v) is 5.06. The third-order valence-corrected chi connectivity index (χ3v) is 3.95. The molecule has 0 bridgehead atoms. The Morgan fingerprint density at radius 2 is 1.95 bits per heavy atom. The van der Waals surface area contributed by atoms with Gasteiger partial charge in [0, 0.05) is 12.0 Å². The van der Waals surface area contributed by atoms with Crippen LogP contribution in [0.4, 0.5) is 17.6 Å². The van der Waals surface area contributed by atoms with Crippen molar-refractivity contribution in [1.29, 1.82) is 0 Å². The first kappa shape index (κ1) is 14.3. The molecule has 6 heteroatoms. The molecule has 0 heterocycles. The smallest absolute Gasteiger partial charge is 0.388 e. The number of hydrogen-bond acceptors (Lipinski definition) is 2. The standard InChI is InChI=1S/C13H15F4NO/c14-10-3-2-8(6-9(10)13(15,16)17)11(19)12(7-18)4-1-5-12/h2-3,6,11,19H,1,4-5,7,18H2. The summed E-state index contributed by atoms with van der Waals surface area (Å²) in [7, 11) is 0. The highest BCUT2D eigenvalue weighted by molar-refractivity contribution is 5.30. The van der Waals surface area contributed by atoms with Gasteiger partial charge in [-0.2, -0.15) is 13.2 Å². The summed E-state index contributed by atoms with van der Waals surface area (Å²) in [6, 6.07) is 2.60. The normalized spacial score (nSPS) is 19.9. The van der Waals surface area contributed by atoms with Crippen LogP contribution in [0.1, 0.15) is 36.5 Å². The Morgan fingerprint density at radius 1 is 1.32 bits per heavy atom. The fourth-order valence-corrected chi connectivity index (χ4v) is 2.50. The molecule has 1 saturated carbocycles. The van der Waals surface area contributed by atoms with Crippen molar-refractivity contribution >= 4 is 0 Å². The number of rotatable bonds is 3. The van der Waals surface area contributed by atoms with Crippen LogP contribution >= 0.6 is 0 Å². The molecule has 0 radical (unpaired) electrons. The summed E-state index contributed by atoms with van der Waals surface area (Å²) in [5.41, 5.74) is 3.75. The Hall–Kier alpha value is -1.14. The number of benzene rings is 1. The molecule has 1 unspecified atom stereocenters. The van der Waals surface area contributed by atoms with Crippen molar-refractivity contribution in [3.63, 3.8) is 0 Å². The summed E-state index contributed by atoms with van der Waals surface area (Å²) < 4.78 is 51.0. The molecule has 1 aromatic rings. The fraction of sp³-hybridized carbons (Fsp3) is 0.538. The topological polar surface area (TPSA) is 46.2 Å². The van der Waals surface area contributed by atoms with Crippen LogP contribution in [0, 0.1) is 11.2 Å². The van der Waals surface area contributed by atoms with Gasteiger partial charge in [0.1, 0.15) is 5.82 Å². The number of hydrogen-bond donors (Lipinski definition) is 2. The zero-order valence-electron chi connectivity index (χ0n) is 10.2. The van der Waals surface area contributed by atoms with Gasteiger partial charge < -0.3 is 10.8 Å². The molecule has 0 aromatic heterocycles. The van der Waals surface area contributed by atoms with Gasteiger partial charge in [0.15, 0.2) is 0 Å². The Bertz CT molecular complexity index is 463. The van der Waals surface area contributed by atoms with Crippen LogP contribution in [0.5, 0.6) is 0 Å². The lowest BCUT2D eigenvalue weighted by molar-refractivity contribution is -0.140. The minimum atomic E-state index is -4.77. The molecule has 0 saturated heterocycles. The molecule has 0 spiro atoms. The van der Waals surface area contributed by atoms with Crippen molar-refractivity contribution in [2.45, 2.75) is 31.5 Å². The molecule has 3 N–H and O–H groups in total. The summed E-state index contributed by atoms with van der Waals surface area (Å²) >= 11 is 0. The lowest BCUT2D eigenvalue weighted by Crippen LogP contribution is -2.42. The van der Waals surface area contributed by atoms with Gasteiger partial charge in [0.05, 0.1) is 11.7 Å². The van der Waals surface area contributed by atoms with E-state index in [-0.39, 0.29) is 12.1 Å². The van der Waals surface area contributed by atoms with Crippen molar-refractivity contribution in [2.24, 2.45) is 11.1 Å². The van der Waals surface area contributed by atoms with E-state index < -0.39 is 29.1 Å². The number of nitrogens with two attached hydrogens (primary N) is 1. The molecule has 106 valence electrons. The lowest BCUT2D eigenvalue weighted by Gasteiger charge is -2.45. The van der Waals surface area contributed by atoms with Gasteiger partial charge >= 0.3 is 6.18 Å². The number of halogens is 4. The Balaban J connectivity index is 2.36. The minimum Gasteiger partial charge on any atom is -0.388 e. The maximum atomic E-state index is 13.2. The zero-order valence-corrected chi connectivity index (χ0v) is 10.2. The molecule has 1 atom stereocenters. The van der Waals surface area contributed by atoms with Crippen molar-refractivity contribution in [2.75, 3.05) is 6.54 Å². The quantitative estimate of drug-likeness (QED) is 0.834. The van der Waals surface area contributed by atoms with E-state index in [2.05, 4.69) is 0 Å². The molecule has 1 aromatic carbocycles. The SMILES string of the molecule is NCC1(C(O)c2ccc(F)c(C(F)(F)F)c2)CCC1. The van der Waals surface area contributed by atoms with E-state index in [4.69, 9.17) is 5.73 Å². The molecular weight excluding hydrogens is 262 g/mol. The van der Waals surface area contributed by atoms with Crippen molar-refractivity contribution in [3.05, 3.63) is 35.1 Å². The highest BCUT2D eigenvalue weighted by Gasteiger charge is 2.44. The molecule has 1 aliphatic carbocycles. The predicted octanol–water partition coefficient (Wildman–Crippen LogP) is 3.01. The van der Waals surface area contributed by atoms with Crippen molar-refractivity contribution in [1.82, 2.24) is 0 Å². The minimum absolute atomic E-state index is 0.0684. The van der Waals surface area contributed by atoms with Gasteiger partial charge in [0.25, 0.3) is 0 Å². The van der Waals surface area contributed by atoms with Gasteiger partial charge in [-0.3, -0.25) is 0 Å². The molecule has 2 nitrogen and oxygen atoms in total. The van der Waals surface area contributed by atoms with Crippen LogP contribution in [0.2, 0.25) is 0 Å². The van der Waals surface area contributed by atoms with Gasteiger partial charge in [-0.05, 0) is 30.5 Å². The summed E-state index contributed by atoms with van der Waals surface area (Å²) in [5.74, 6) is -1.33. The van der Waals surface area contributed by atoms with E-state index >= 15 is 0 Å². The number of aliphatic hydroxyl groups is 1. The third kappa shape index (κ3) is 2.47. The maximum absolute atomic E-state index is 13.2.